The highest BCUT2D eigenvalue weighted by molar-refractivity contribution is 5.89. The summed E-state index contributed by atoms with van der Waals surface area (Å²) < 4.78 is 5.35. The molecule has 0 bridgehead atoms. The van der Waals surface area contributed by atoms with Crippen LogP contribution in [0.1, 0.15) is 17.2 Å². The molecular weight excluding hydrogens is 346 g/mol. The maximum Gasteiger partial charge on any atom is 0.319 e. The van der Waals surface area contributed by atoms with E-state index in [2.05, 4.69) is 15.5 Å². The van der Waals surface area contributed by atoms with Gasteiger partial charge < -0.3 is 25.6 Å². The van der Waals surface area contributed by atoms with E-state index >= 15 is 0 Å². The van der Waals surface area contributed by atoms with Gasteiger partial charge in [-0.25, -0.2) is 4.79 Å². The van der Waals surface area contributed by atoms with Gasteiger partial charge in [-0.1, -0.05) is 24.3 Å². The highest BCUT2D eigenvalue weighted by Gasteiger charge is 2.12. The van der Waals surface area contributed by atoms with Crippen LogP contribution in [0.15, 0.2) is 48.5 Å². The number of carbonyl (C=O) groups excluding carboxylic acids is 1. The molecule has 7 heteroatoms. The van der Waals surface area contributed by atoms with Crippen LogP contribution >= 0.6 is 0 Å². The Labute approximate surface area is 158 Å². The summed E-state index contributed by atoms with van der Waals surface area (Å²) in [5.41, 5.74) is 2.41. The summed E-state index contributed by atoms with van der Waals surface area (Å²) in [7, 11) is 0. The van der Waals surface area contributed by atoms with E-state index in [9.17, 15) is 15.0 Å². The highest BCUT2D eigenvalue weighted by Crippen LogP contribution is 2.17. The fourth-order valence-corrected chi connectivity index (χ4v) is 2.93. The van der Waals surface area contributed by atoms with Gasteiger partial charge in [-0.15, -0.1) is 0 Å². The van der Waals surface area contributed by atoms with Gasteiger partial charge in [0.15, 0.2) is 0 Å². The average molecular weight is 371 g/mol. The molecule has 144 valence electrons. The normalized spacial score (nSPS) is 15.9. The SMILES string of the molecule is O=C(NC[C@H](O)c1cccc(O)c1)Nc1ccc(CN2CCOCC2)cc1. The Balaban J connectivity index is 1.44. The third kappa shape index (κ3) is 5.96. The van der Waals surface area contributed by atoms with Crippen LogP contribution in [0.25, 0.3) is 0 Å². The van der Waals surface area contributed by atoms with Crippen LogP contribution in [0.3, 0.4) is 0 Å². The Morgan fingerprint density at radius 3 is 2.59 bits per heavy atom. The molecule has 2 aromatic carbocycles. The van der Waals surface area contributed by atoms with Gasteiger partial charge in [-0.3, -0.25) is 4.90 Å². The predicted octanol–water partition coefficient (Wildman–Crippen LogP) is 2.08. The zero-order valence-electron chi connectivity index (χ0n) is 15.1. The lowest BCUT2D eigenvalue weighted by Crippen LogP contribution is -2.35. The molecule has 1 aliphatic heterocycles. The molecule has 3 rings (SSSR count). The molecule has 1 atom stereocenters. The standard InChI is InChI=1S/C20H25N3O4/c24-18-3-1-2-16(12-18)19(25)13-21-20(26)22-17-6-4-15(5-7-17)14-23-8-10-27-11-9-23/h1-7,12,19,24-25H,8-11,13-14H2,(H2,21,22,26)/t19-/m0/s1. The van der Waals surface area contributed by atoms with Gasteiger partial charge in [0.1, 0.15) is 5.75 Å². The number of aliphatic hydroxyl groups is 1. The summed E-state index contributed by atoms with van der Waals surface area (Å²) >= 11 is 0. The molecule has 1 heterocycles. The number of phenols is 1. The smallest absolute Gasteiger partial charge is 0.319 e. The molecule has 0 unspecified atom stereocenters. The van der Waals surface area contributed by atoms with Crippen molar-refractivity contribution in [3.8, 4) is 5.75 Å². The molecule has 2 amide bonds. The molecule has 4 N–H and O–H groups in total. The van der Waals surface area contributed by atoms with E-state index in [0.29, 0.717) is 11.3 Å². The fourth-order valence-electron chi connectivity index (χ4n) is 2.93. The number of urea groups is 1. The number of aromatic hydroxyl groups is 1. The molecule has 7 nitrogen and oxygen atoms in total. The number of aliphatic hydroxyl groups excluding tert-OH is 1. The van der Waals surface area contributed by atoms with Gasteiger partial charge in [0.05, 0.1) is 19.3 Å². The summed E-state index contributed by atoms with van der Waals surface area (Å²) in [6.07, 6.45) is -0.890. The van der Waals surface area contributed by atoms with E-state index in [-0.39, 0.29) is 12.3 Å². The number of ether oxygens (including phenoxy) is 1. The quantitative estimate of drug-likeness (QED) is 0.624. The van der Waals surface area contributed by atoms with Gasteiger partial charge in [-0.2, -0.15) is 0 Å². The monoisotopic (exact) mass is 371 g/mol. The second-order valence-electron chi connectivity index (χ2n) is 6.53. The Morgan fingerprint density at radius 1 is 1.15 bits per heavy atom. The van der Waals surface area contributed by atoms with E-state index in [1.54, 1.807) is 12.1 Å². The van der Waals surface area contributed by atoms with Crippen molar-refractivity contribution in [1.82, 2.24) is 10.2 Å². The number of anilines is 1. The number of nitrogens with zero attached hydrogens (tertiary/aromatic N) is 1. The molecule has 1 saturated heterocycles. The van der Waals surface area contributed by atoms with Crippen molar-refractivity contribution in [3.05, 3.63) is 59.7 Å². The largest absolute Gasteiger partial charge is 0.508 e. The minimum Gasteiger partial charge on any atom is -0.508 e. The lowest BCUT2D eigenvalue weighted by molar-refractivity contribution is 0.0342. The minimum absolute atomic E-state index is 0.0460. The second-order valence-corrected chi connectivity index (χ2v) is 6.53. The summed E-state index contributed by atoms with van der Waals surface area (Å²) in [6.45, 7) is 4.33. The molecule has 2 aromatic rings. The van der Waals surface area contributed by atoms with E-state index in [1.165, 1.54) is 17.7 Å². The Morgan fingerprint density at radius 2 is 1.89 bits per heavy atom. The maximum absolute atomic E-state index is 12.0. The molecule has 0 saturated carbocycles. The zero-order chi connectivity index (χ0) is 19.1. The van der Waals surface area contributed by atoms with Crippen molar-refractivity contribution in [1.29, 1.82) is 0 Å². The van der Waals surface area contributed by atoms with Crippen molar-refractivity contribution >= 4 is 11.7 Å². The number of phenolic OH excluding ortho intramolecular Hbond substituents is 1. The molecule has 1 fully saturated rings. The van der Waals surface area contributed by atoms with Crippen molar-refractivity contribution in [3.63, 3.8) is 0 Å². The molecule has 0 aromatic heterocycles. The van der Waals surface area contributed by atoms with Gasteiger partial charge in [0, 0.05) is 31.9 Å². The van der Waals surface area contributed by atoms with E-state index in [0.717, 1.165) is 32.8 Å². The number of hydrogen-bond donors (Lipinski definition) is 4. The molecule has 0 aliphatic carbocycles. The van der Waals surface area contributed by atoms with Crippen LogP contribution in [0, 0.1) is 0 Å². The van der Waals surface area contributed by atoms with Crippen LogP contribution in [-0.2, 0) is 11.3 Å². The Kier molecular flexibility index (Phi) is 6.64. The third-order valence-corrected chi connectivity index (χ3v) is 4.43. The third-order valence-electron chi connectivity index (χ3n) is 4.43. The first-order valence-electron chi connectivity index (χ1n) is 9.01. The lowest BCUT2D eigenvalue weighted by atomic mass is 10.1. The van der Waals surface area contributed by atoms with Crippen LogP contribution in [0.5, 0.6) is 5.75 Å². The number of hydrogen-bond acceptors (Lipinski definition) is 5. The van der Waals surface area contributed by atoms with Crippen LogP contribution in [-0.4, -0.2) is 54.0 Å². The number of amides is 2. The lowest BCUT2D eigenvalue weighted by Gasteiger charge is -2.26. The minimum atomic E-state index is -0.890. The van der Waals surface area contributed by atoms with Crippen molar-refractivity contribution in [2.45, 2.75) is 12.6 Å². The van der Waals surface area contributed by atoms with Crippen LogP contribution < -0.4 is 10.6 Å². The number of benzene rings is 2. The Hall–Kier alpha value is -2.61. The fraction of sp³-hybridized carbons (Fsp3) is 0.350. The summed E-state index contributed by atoms with van der Waals surface area (Å²) in [6, 6.07) is 13.6. The van der Waals surface area contributed by atoms with E-state index in [1.807, 2.05) is 24.3 Å². The van der Waals surface area contributed by atoms with Gasteiger partial charge in [-0.05, 0) is 35.4 Å². The van der Waals surface area contributed by atoms with Crippen molar-refractivity contribution in [2.75, 3.05) is 38.2 Å². The van der Waals surface area contributed by atoms with Crippen LogP contribution in [0.4, 0.5) is 10.5 Å². The second kappa shape index (κ2) is 9.36. The first-order chi connectivity index (χ1) is 13.1. The number of rotatable bonds is 6. The molecule has 0 spiro atoms. The van der Waals surface area contributed by atoms with E-state index < -0.39 is 12.1 Å². The highest BCUT2D eigenvalue weighted by atomic mass is 16.5. The molecule has 0 radical (unpaired) electrons. The van der Waals surface area contributed by atoms with Crippen molar-refractivity contribution in [2.24, 2.45) is 0 Å². The van der Waals surface area contributed by atoms with E-state index in [4.69, 9.17) is 4.74 Å². The van der Waals surface area contributed by atoms with Crippen molar-refractivity contribution < 1.29 is 19.7 Å². The predicted molar refractivity (Wildman–Crippen MR) is 103 cm³/mol. The summed E-state index contributed by atoms with van der Waals surface area (Å²) in [4.78, 5) is 14.3. The maximum atomic E-state index is 12.0. The van der Waals surface area contributed by atoms with Crippen LogP contribution in [0.2, 0.25) is 0 Å². The average Bonchev–Trinajstić information content (AvgIpc) is 2.68. The molecule has 27 heavy (non-hydrogen) atoms. The zero-order valence-corrected chi connectivity index (χ0v) is 15.1. The number of carbonyl (C=O) groups is 1. The number of morpholine rings is 1. The topological polar surface area (TPSA) is 94.1 Å². The van der Waals surface area contributed by atoms with Gasteiger partial charge in [0.2, 0.25) is 0 Å². The summed E-state index contributed by atoms with van der Waals surface area (Å²) in [5, 5.41) is 24.9. The Bertz CT molecular complexity index is 745. The van der Waals surface area contributed by atoms with Gasteiger partial charge >= 0.3 is 6.03 Å². The van der Waals surface area contributed by atoms with Gasteiger partial charge in [0.25, 0.3) is 0 Å². The number of nitrogens with one attached hydrogen (secondary N) is 2. The first-order valence-corrected chi connectivity index (χ1v) is 9.01. The summed E-state index contributed by atoms with van der Waals surface area (Å²) in [5.74, 6) is 0.0770. The first kappa shape index (κ1) is 19.2. The molecule has 1 aliphatic rings. The molecular formula is C20H25N3O4.